The van der Waals surface area contributed by atoms with Gasteiger partial charge in [0.05, 0.1) is 7.11 Å². The van der Waals surface area contributed by atoms with Crippen molar-refractivity contribution in [3.63, 3.8) is 0 Å². The average Bonchev–Trinajstić information content (AvgIpc) is 3.25. The van der Waals surface area contributed by atoms with Crippen LogP contribution in [0.15, 0.2) is 48.7 Å². The predicted molar refractivity (Wildman–Crippen MR) is 147 cm³/mol. The zero-order chi connectivity index (χ0) is 24.9. The highest BCUT2D eigenvalue weighted by Gasteiger charge is 2.21. The maximum Gasteiger partial charge on any atom is 0.220 e. The lowest BCUT2D eigenvalue weighted by atomic mass is 9.89. The third-order valence-electron chi connectivity index (χ3n) is 8.32. The summed E-state index contributed by atoms with van der Waals surface area (Å²) < 4.78 is 8.09. The number of nitrogens with one attached hydrogen (secondary N) is 1. The number of hydrogen-bond acceptors (Lipinski definition) is 3. The standard InChI is InChI=1S/C31H41N3O2/c1-36-30-10-6-5-9-27(30)23-11-17-29-28(19-23)24(21-34(29)20-22-7-3-2-4-8-22)12-18-31(35)33-26-15-13-25(32)14-16-26/h5-6,9-11,17,19,21-22,25-26H,2-4,7-8,12-16,18,20,32H2,1H3,(H,33,35). The third kappa shape index (κ3) is 5.78. The van der Waals surface area contributed by atoms with Crippen LogP contribution in [0.2, 0.25) is 0 Å². The molecule has 0 atom stereocenters. The van der Waals surface area contributed by atoms with Crippen molar-refractivity contribution in [2.75, 3.05) is 7.11 Å². The largest absolute Gasteiger partial charge is 0.496 e. The summed E-state index contributed by atoms with van der Waals surface area (Å²) in [5.74, 6) is 1.79. The maximum atomic E-state index is 12.8. The Hall–Kier alpha value is -2.79. The van der Waals surface area contributed by atoms with Crippen LogP contribution in [-0.2, 0) is 17.8 Å². The number of carbonyl (C=O) groups is 1. The molecule has 2 saturated carbocycles. The summed E-state index contributed by atoms with van der Waals surface area (Å²) >= 11 is 0. The molecule has 1 amide bonds. The molecule has 2 aromatic carbocycles. The molecule has 0 saturated heterocycles. The van der Waals surface area contributed by atoms with E-state index in [1.165, 1.54) is 48.6 Å². The molecule has 36 heavy (non-hydrogen) atoms. The summed E-state index contributed by atoms with van der Waals surface area (Å²) in [6.45, 7) is 1.07. The second-order valence-electron chi connectivity index (χ2n) is 10.9. The van der Waals surface area contributed by atoms with E-state index in [4.69, 9.17) is 10.5 Å². The highest BCUT2D eigenvalue weighted by Crippen LogP contribution is 2.35. The van der Waals surface area contributed by atoms with Crippen molar-refractivity contribution in [2.45, 2.75) is 89.3 Å². The molecule has 5 heteroatoms. The number of carbonyl (C=O) groups excluding carboxylic acids is 1. The first kappa shape index (κ1) is 24.9. The molecule has 2 aliphatic rings. The number of fused-ring (bicyclic) bond motifs is 1. The second-order valence-corrected chi connectivity index (χ2v) is 10.9. The first-order valence-electron chi connectivity index (χ1n) is 13.9. The second kappa shape index (κ2) is 11.5. The zero-order valence-corrected chi connectivity index (χ0v) is 21.7. The van der Waals surface area contributed by atoms with E-state index in [0.717, 1.165) is 61.4 Å². The summed E-state index contributed by atoms with van der Waals surface area (Å²) in [6, 6.07) is 15.5. The molecule has 5 nitrogen and oxygen atoms in total. The fourth-order valence-corrected chi connectivity index (χ4v) is 6.23. The highest BCUT2D eigenvalue weighted by molar-refractivity contribution is 5.90. The third-order valence-corrected chi connectivity index (χ3v) is 8.32. The van der Waals surface area contributed by atoms with Gasteiger partial charge in [-0.25, -0.2) is 0 Å². The number of rotatable bonds is 8. The van der Waals surface area contributed by atoms with Gasteiger partial charge in [0.2, 0.25) is 5.91 Å². The van der Waals surface area contributed by atoms with E-state index in [1.807, 2.05) is 12.1 Å². The molecule has 0 unspecified atom stereocenters. The number of aromatic nitrogens is 1. The van der Waals surface area contributed by atoms with Gasteiger partial charge in [-0.3, -0.25) is 4.79 Å². The van der Waals surface area contributed by atoms with Crippen LogP contribution in [0.3, 0.4) is 0 Å². The first-order valence-corrected chi connectivity index (χ1v) is 13.9. The molecule has 1 aromatic heterocycles. The van der Waals surface area contributed by atoms with E-state index in [2.05, 4.69) is 46.4 Å². The Kier molecular flexibility index (Phi) is 7.96. The van der Waals surface area contributed by atoms with E-state index in [1.54, 1.807) is 7.11 Å². The Balaban J connectivity index is 1.39. The monoisotopic (exact) mass is 487 g/mol. The van der Waals surface area contributed by atoms with Crippen molar-refractivity contribution >= 4 is 16.8 Å². The summed E-state index contributed by atoms with van der Waals surface area (Å²) in [4.78, 5) is 12.8. The lowest BCUT2D eigenvalue weighted by Gasteiger charge is -2.26. The van der Waals surface area contributed by atoms with Crippen LogP contribution in [0.25, 0.3) is 22.0 Å². The molecule has 2 fully saturated rings. The summed E-state index contributed by atoms with van der Waals surface area (Å²) in [5, 5.41) is 4.52. The van der Waals surface area contributed by atoms with Crippen LogP contribution in [0.4, 0.5) is 0 Å². The Labute approximate surface area is 215 Å². The molecule has 0 aliphatic heterocycles. The Morgan fingerprint density at radius 2 is 1.81 bits per heavy atom. The summed E-state index contributed by atoms with van der Waals surface area (Å²) in [7, 11) is 1.72. The van der Waals surface area contributed by atoms with Crippen molar-refractivity contribution in [3.8, 4) is 16.9 Å². The van der Waals surface area contributed by atoms with E-state index in [-0.39, 0.29) is 11.9 Å². The number of ether oxygens (including phenoxy) is 1. The smallest absolute Gasteiger partial charge is 0.220 e. The van der Waals surface area contributed by atoms with Gasteiger partial charge in [-0.2, -0.15) is 0 Å². The van der Waals surface area contributed by atoms with Crippen LogP contribution in [-0.4, -0.2) is 29.7 Å². The van der Waals surface area contributed by atoms with Gasteiger partial charge >= 0.3 is 0 Å². The van der Waals surface area contributed by atoms with Crippen molar-refractivity contribution in [1.82, 2.24) is 9.88 Å². The van der Waals surface area contributed by atoms with Gasteiger partial charge < -0.3 is 20.4 Å². The lowest BCUT2D eigenvalue weighted by Crippen LogP contribution is -2.40. The minimum atomic E-state index is 0.157. The van der Waals surface area contributed by atoms with Gasteiger partial charge in [0.1, 0.15) is 5.75 Å². The van der Waals surface area contributed by atoms with Gasteiger partial charge in [0.25, 0.3) is 0 Å². The van der Waals surface area contributed by atoms with Gasteiger partial charge in [-0.1, -0.05) is 43.5 Å². The number of benzene rings is 2. The molecule has 5 rings (SSSR count). The number of aryl methyl sites for hydroxylation is 1. The average molecular weight is 488 g/mol. The fraction of sp³-hybridized carbons (Fsp3) is 0.516. The Morgan fingerprint density at radius 3 is 2.58 bits per heavy atom. The molecular weight excluding hydrogens is 446 g/mol. The number of para-hydroxylation sites is 1. The molecule has 0 radical (unpaired) electrons. The van der Waals surface area contributed by atoms with E-state index < -0.39 is 0 Å². The highest BCUT2D eigenvalue weighted by atomic mass is 16.5. The zero-order valence-electron chi connectivity index (χ0n) is 21.7. The van der Waals surface area contributed by atoms with Crippen LogP contribution in [0.1, 0.15) is 69.8 Å². The SMILES string of the molecule is COc1ccccc1-c1ccc2c(c1)c(CCC(=O)NC1CCC(N)CC1)cn2CC1CCCCC1. The molecular formula is C31H41N3O2. The van der Waals surface area contributed by atoms with Crippen LogP contribution in [0, 0.1) is 5.92 Å². The minimum Gasteiger partial charge on any atom is -0.496 e. The van der Waals surface area contributed by atoms with Crippen molar-refractivity contribution in [2.24, 2.45) is 11.7 Å². The molecule has 0 spiro atoms. The van der Waals surface area contributed by atoms with Crippen molar-refractivity contribution in [1.29, 1.82) is 0 Å². The summed E-state index contributed by atoms with van der Waals surface area (Å²) in [6.07, 6.45) is 14.3. The van der Waals surface area contributed by atoms with Gasteiger partial charge in [-0.05, 0) is 80.2 Å². The molecule has 3 N–H and O–H groups in total. The molecule has 1 heterocycles. The normalized spacial score (nSPS) is 20.9. The molecule has 192 valence electrons. The fourth-order valence-electron chi connectivity index (χ4n) is 6.23. The molecule has 3 aromatic rings. The number of amides is 1. The minimum absolute atomic E-state index is 0.157. The molecule has 0 bridgehead atoms. The van der Waals surface area contributed by atoms with E-state index in [0.29, 0.717) is 12.5 Å². The number of hydrogen-bond donors (Lipinski definition) is 2. The van der Waals surface area contributed by atoms with Gasteiger partial charge in [0, 0.05) is 47.7 Å². The topological polar surface area (TPSA) is 69.3 Å². The van der Waals surface area contributed by atoms with E-state index in [9.17, 15) is 4.79 Å². The first-order chi connectivity index (χ1) is 17.6. The van der Waals surface area contributed by atoms with E-state index >= 15 is 0 Å². The maximum absolute atomic E-state index is 12.8. The predicted octanol–water partition coefficient (Wildman–Crippen LogP) is 6.22. The molecule has 2 aliphatic carbocycles. The number of methoxy groups -OCH3 is 1. The van der Waals surface area contributed by atoms with Crippen molar-refractivity contribution < 1.29 is 9.53 Å². The van der Waals surface area contributed by atoms with Crippen LogP contribution in [0.5, 0.6) is 5.75 Å². The Morgan fingerprint density at radius 1 is 1.03 bits per heavy atom. The lowest BCUT2D eigenvalue weighted by molar-refractivity contribution is -0.122. The van der Waals surface area contributed by atoms with Crippen molar-refractivity contribution in [3.05, 3.63) is 54.2 Å². The number of nitrogens with two attached hydrogens (primary N) is 1. The number of nitrogens with zero attached hydrogens (tertiary/aromatic N) is 1. The van der Waals surface area contributed by atoms with Crippen LogP contribution < -0.4 is 15.8 Å². The van der Waals surface area contributed by atoms with Gasteiger partial charge in [-0.15, -0.1) is 0 Å². The Bertz CT molecular complexity index is 1170. The summed E-state index contributed by atoms with van der Waals surface area (Å²) in [5.41, 5.74) is 10.8. The quantitative estimate of drug-likeness (QED) is 0.396. The van der Waals surface area contributed by atoms with Crippen LogP contribution >= 0.6 is 0 Å². The van der Waals surface area contributed by atoms with Gasteiger partial charge in [0.15, 0.2) is 0 Å².